The number of aliphatic hydroxyl groups is 1. The first kappa shape index (κ1) is 23.8. The smallest absolute Gasteiger partial charge is 0.254 e. The van der Waals surface area contributed by atoms with Crippen LogP contribution in [-0.4, -0.2) is 59.8 Å². The minimum absolute atomic E-state index is 0.0458. The van der Waals surface area contributed by atoms with Crippen LogP contribution in [0.5, 0.6) is 5.75 Å². The number of ether oxygens (including phenoxy) is 2. The van der Waals surface area contributed by atoms with E-state index in [1.54, 1.807) is 0 Å². The highest BCUT2D eigenvalue weighted by atomic mass is 79.9. The molecule has 1 amide bonds. The van der Waals surface area contributed by atoms with Gasteiger partial charge in [0.1, 0.15) is 11.9 Å². The van der Waals surface area contributed by atoms with Crippen molar-refractivity contribution in [3.8, 4) is 5.75 Å². The molecule has 1 saturated heterocycles. The molecule has 0 bridgehead atoms. The van der Waals surface area contributed by atoms with Gasteiger partial charge in [-0.3, -0.25) is 4.79 Å². The van der Waals surface area contributed by atoms with Gasteiger partial charge in [-0.2, -0.15) is 0 Å². The molecule has 0 aromatic heterocycles. The van der Waals surface area contributed by atoms with Crippen LogP contribution >= 0.6 is 15.9 Å². The second kappa shape index (κ2) is 10.7. The zero-order chi connectivity index (χ0) is 23.3. The Kier molecular flexibility index (Phi) is 7.71. The highest BCUT2D eigenvalue weighted by molar-refractivity contribution is 9.10. The van der Waals surface area contributed by atoms with E-state index in [-0.39, 0.29) is 12.5 Å². The van der Waals surface area contributed by atoms with Crippen molar-refractivity contribution in [3.05, 3.63) is 64.1 Å². The van der Waals surface area contributed by atoms with Gasteiger partial charge in [0.2, 0.25) is 5.90 Å². The summed E-state index contributed by atoms with van der Waals surface area (Å²) in [7, 11) is 0. The van der Waals surface area contributed by atoms with Crippen LogP contribution in [0.1, 0.15) is 43.7 Å². The molecule has 2 aromatic carbocycles. The Morgan fingerprint density at radius 2 is 1.91 bits per heavy atom. The largest absolute Gasteiger partial charge is 0.494 e. The number of nitrogens with zero attached hydrogens (tertiary/aromatic N) is 2. The third kappa shape index (κ3) is 5.25. The van der Waals surface area contributed by atoms with Crippen LogP contribution in [0.2, 0.25) is 0 Å². The normalized spacial score (nSPS) is 22.6. The predicted octanol–water partition coefficient (Wildman–Crippen LogP) is 4.37. The topological polar surface area (TPSA) is 71.4 Å². The van der Waals surface area contributed by atoms with Gasteiger partial charge in [-0.25, -0.2) is 4.99 Å². The van der Waals surface area contributed by atoms with Crippen molar-refractivity contribution in [2.24, 2.45) is 4.99 Å². The molecule has 2 atom stereocenters. The Bertz CT molecular complexity index is 988. The Hall–Kier alpha value is -2.38. The number of aliphatic imine (C=N–C) groups is 1. The molecule has 7 heteroatoms. The first-order valence-electron chi connectivity index (χ1n) is 11.7. The number of rotatable bonds is 8. The lowest BCUT2D eigenvalue weighted by Gasteiger charge is -2.36. The van der Waals surface area contributed by atoms with Gasteiger partial charge in [-0.05, 0) is 62.1 Å². The quantitative estimate of drug-likeness (QED) is 0.531. The molecule has 0 aliphatic carbocycles. The fraction of sp³-hybridized carbons (Fsp3) is 0.462. The summed E-state index contributed by atoms with van der Waals surface area (Å²) in [5.41, 5.74) is 0.847. The molecule has 0 spiro atoms. The standard InChI is InChI=1S/C26H31BrN2O4/c1-19-26(18-21-8-3-4-9-23(21)27,25(31)29-14-5-2-6-15-29)28-24(33-19)20-10-12-22(13-11-20)32-17-7-16-30/h3-4,8-13,19,30H,2,5-7,14-18H2,1H3/t19-,26-/m1/s1. The molecule has 2 aliphatic heterocycles. The zero-order valence-electron chi connectivity index (χ0n) is 19.0. The van der Waals surface area contributed by atoms with Crippen LogP contribution in [0.25, 0.3) is 0 Å². The second-order valence-electron chi connectivity index (χ2n) is 8.67. The lowest BCUT2D eigenvalue weighted by molar-refractivity contribution is -0.140. The van der Waals surface area contributed by atoms with Gasteiger partial charge in [0.05, 0.1) is 6.61 Å². The van der Waals surface area contributed by atoms with Gasteiger partial charge in [0.15, 0.2) is 5.54 Å². The monoisotopic (exact) mass is 514 g/mol. The molecule has 0 unspecified atom stereocenters. The summed E-state index contributed by atoms with van der Waals surface area (Å²) in [6.45, 7) is 4.05. The average molecular weight is 515 g/mol. The van der Waals surface area contributed by atoms with E-state index in [0.717, 1.165) is 53.7 Å². The van der Waals surface area contributed by atoms with Crippen molar-refractivity contribution >= 4 is 27.7 Å². The molecule has 1 N–H and O–H groups in total. The Morgan fingerprint density at radius 3 is 2.61 bits per heavy atom. The Morgan fingerprint density at radius 1 is 1.18 bits per heavy atom. The van der Waals surface area contributed by atoms with Crippen LogP contribution in [0.3, 0.4) is 0 Å². The van der Waals surface area contributed by atoms with Crippen LogP contribution < -0.4 is 4.74 Å². The molecule has 0 radical (unpaired) electrons. The summed E-state index contributed by atoms with van der Waals surface area (Å²) in [4.78, 5) is 20.9. The van der Waals surface area contributed by atoms with Crippen molar-refractivity contribution < 1.29 is 19.4 Å². The fourth-order valence-electron chi connectivity index (χ4n) is 4.43. The summed E-state index contributed by atoms with van der Waals surface area (Å²) in [5.74, 6) is 1.26. The fourth-order valence-corrected chi connectivity index (χ4v) is 4.85. The number of piperidine rings is 1. The molecule has 2 aromatic rings. The van der Waals surface area contributed by atoms with Gasteiger partial charge in [-0.1, -0.05) is 34.1 Å². The van der Waals surface area contributed by atoms with E-state index in [1.165, 1.54) is 0 Å². The Labute approximate surface area is 203 Å². The number of carbonyl (C=O) groups is 1. The maximum Gasteiger partial charge on any atom is 0.254 e. The maximum absolute atomic E-state index is 13.9. The molecule has 6 nitrogen and oxygen atoms in total. The number of halogens is 1. The van der Waals surface area contributed by atoms with E-state index in [4.69, 9.17) is 19.6 Å². The number of hydrogen-bond acceptors (Lipinski definition) is 5. The van der Waals surface area contributed by atoms with Crippen molar-refractivity contribution in [2.45, 2.75) is 50.7 Å². The molecule has 1 fully saturated rings. The number of likely N-dealkylation sites (tertiary alicyclic amines) is 1. The molecule has 2 heterocycles. The molecule has 0 saturated carbocycles. The third-order valence-corrected chi connectivity index (χ3v) is 7.14. The lowest BCUT2D eigenvalue weighted by atomic mass is 9.85. The molecule has 33 heavy (non-hydrogen) atoms. The first-order chi connectivity index (χ1) is 16.0. The third-order valence-electron chi connectivity index (χ3n) is 6.37. The zero-order valence-corrected chi connectivity index (χ0v) is 20.6. The van der Waals surface area contributed by atoms with Crippen LogP contribution in [0, 0.1) is 0 Å². The SMILES string of the molecule is C[C@H]1OC(c2ccc(OCCCO)cc2)=N[C@@]1(Cc1ccccc1Br)C(=O)N1CCCCC1. The van der Waals surface area contributed by atoms with Gasteiger partial charge in [0.25, 0.3) is 5.91 Å². The molecular weight excluding hydrogens is 484 g/mol. The van der Waals surface area contributed by atoms with Gasteiger partial charge < -0.3 is 19.5 Å². The number of aliphatic hydroxyl groups excluding tert-OH is 1. The molecule has 176 valence electrons. The van der Waals surface area contributed by atoms with E-state index in [9.17, 15) is 4.79 Å². The minimum Gasteiger partial charge on any atom is -0.494 e. The van der Waals surface area contributed by atoms with Crippen molar-refractivity contribution in [2.75, 3.05) is 26.3 Å². The lowest BCUT2D eigenvalue weighted by Crippen LogP contribution is -2.55. The number of benzene rings is 2. The first-order valence-corrected chi connectivity index (χ1v) is 12.5. The molecule has 4 rings (SSSR count). The number of hydrogen-bond donors (Lipinski definition) is 1. The summed E-state index contributed by atoms with van der Waals surface area (Å²) >= 11 is 3.64. The summed E-state index contributed by atoms with van der Waals surface area (Å²) < 4.78 is 12.8. The summed E-state index contributed by atoms with van der Waals surface area (Å²) in [6, 6.07) is 15.5. The maximum atomic E-state index is 13.9. The van der Waals surface area contributed by atoms with E-state index in [0.29, 0.717) is 25.3 Å². The van der Waals surface area contributed by atoms with Gasteiger partial charge in [-0.15, -0.1) is 0 Å². The van der Waals surface area contributed by atoms with Gasteiger partial charge in [0, 0.05) is 42.6 Å². The number of amides is 1. The number of carbonyl (C=O) groups excluding carboxylic acids is 1. The highest BCUT2D eigenvalue weighted by Crippen LogP contribution is 2.36. The van der Waals surface area contributed by atoms with Crippen LogP contribution in [0.4, 0.5) is 0 Å². The molecular formula is C26H31BrN2O4. The minimum atomic E-state index is -1.01. The van der Waals surface area contributed by atoms with E-state index >= 15 is 0 Å². The average Bonchev–Trinajstić information content (AvgIpc) is 3.18. The van der Waals surface area contributed by atoms with Gasteiger partial charge >= 0.3 is 0 Å². The van der Waals surface area contributed by atoms with Crippen molar-refractivity contribution in [3.63, 3.8) is 0 Å². The van der Waals surface area contributed by atoms with E-state index < -0.39 is 11.6 Å². The van der Waals surface area contributed by atoms with Crippen molar-refractivity contribution in [1.29, 1.82) is 0 Å². The van der Waals surface area contributed by atoms with Crippen LogP contribution in [-0.2, 0) is 16.0 Å². The summed E-state index contributed by atoms with van der Waals surface area (Å²) in [6.07, 6.45) is 3.88. The van der Waals surface area contributed by atoms with Crippen molar-refractivity contribution in [1.82, 2.24) is 4.90 Å². The van der Waals surface area contributed by atoms with Crippen LogP contribution in [0.15, 0.2) is 58.0 Å². The molecule has 2 aliphatic rings. The highest BCUT2D eigenvalue weighted by Gasteiger charge is 2.52. The predicted molar refractivity (Wildman–Crippen MR) is 132 cm³/mol. The van der Waals surface area contributed by atoms with E-state index in [2.05, 4.69) is 15.9 Å². The van der Waals surface area contributed by atoms with E-state index in [1.807, 2.05) is 60.4 Å². The Balaban J connectivity index is 1.65. The second-order valence-corrected chi connectivity index (χ2v) is 9.53. The summed E-state index contributed by atoms with van der Waals surface area (Å²) in [5, 5.41) is 8.92.